The van der Waals surface area contributed by atoms with Gasteiger partial charge in [0.2, 0.25) is 0 Å². The lowest BCUT2D eigenvalue weighted by Crippen LogP contribution is -2.36. The van der Waals surface area contributed by atoms with Crippen LogP contribution in [0.25, 0.3) is 0 Å². The molecule has 1 heterocycles. The molecular formula is C25H34N2O2. The van der Waals surface area contributed by atoms with Crippen molar-refractivity contribution in [3.8, 4) is 5.75 Å². The van der Waals surface area contributed by atoms with Crippen LogP contribution in [-0.2, 0) is 5.41 Å². The molecule has 4 heteroatoms. The maximum absolute atomic E-state index is 12.7. The van der Waals surface area contributed by atoms with E-state index in [2.05, 4.69) is 55.3 Å². The highest BCUT2D eigenvalue weighted by molar-refractivity contribution is 5.94. The van der Waals surface area contributed by atoms with E-state index in [-0.39, 0.29) is 17.4 Å². The quantitative estimate of drug-likeness (QED) is 0.722. The van der Waals surface area contributed by atoms with Gasteiger partial charge in [-0.3, -0.25) is 9.69 Å². The van der Waals surface area contributed by atoms with E-state index in [4.69, 9.17) is 4.74 Å². The summed E-state index contributed by atoms with van der Waals surface area (Å²) in [6, 6.07) is 16.5. The summed E-state index contributed by atoms with van der Waals surface area (Å²) < 4.78 is 5.46. The summed E-state index contributed by atoms with van der Waals surface area (Å²) in [5.41, 5.74) is 3.41. The number of rotatable bonds is 7. The first-order chi connectivity index (χ1) is 13.9. The molecule has 1 N–H and O–H groups in total. The van der Waals surface area contributed by atoms with Crippen LogP contribution >= 0.6 is 0 Å². The minimum atomic E-state index is -0.0384. The van der Waals surface area contributed by atoms with E-state index in [1.807, 2.05) is 31.2 Å². The van der Waals surface area contributed by atoms with Crippen LogP contribution in [0.5, 0.6) is 5.75 Å². The van der Waals surface area contributed by atoms with Gasteiger partial charge in [0.25, 0.3) is 5.91 Å². The third kappa shape index (κ3) is 5.60. The normalized spacial score (nSPS) is 15.9. The van der Waals surface area contributed by atoms with Crippen molar-refractivity contribution in [1.82, 2.24) is 10.2 Å². The average molecular weight is 395 g/mol. The lowest BCUT2D eigenvalue weighted by molar-refractivity contribution is 0.0938. The van der Waals surface area contributed by atoms with Gasteiger partial charge in [0, 0.05) is 12.1 Å². The van der Waals surface area contributed by atoms with E-state index in [9.17, 15) is 4.79 Å². The Morgan fingerprint density at radius 1 is 1.03 bits per heavy atom. The molecule has 1 aliphatic heterocycles. The van der Waals surface area contributed by atoms with Gasteiger partial charge in [0.15, 0.2) is 0 Å². The van der Waals surface area contributed by atoms with Crippen molar-refractivity contribution in [1.29, 1.82) is 0 Å². The van der Waals surface area contributed by atoms with Gasteiger partial charge in [-0.1, -0.05) is 45.0 Å². The first-order valence-electron chi connectivity index (χ1n) is 10.7. The fourth-order valence-electron chi connectivity index (χ4n) is 3.88. The Morgan fingerprint density at radius 3 is 2.21 bits per heavy atom. The zero-order valence-corrected chi connectivity index (χ0v) is 18.2. The predicted molar refractivity (Wildman–Crippen MR) is 119 cm³/mol. The largest absolute Gasteiger partial charge is 0.494 e. The third-order valence-electron chi connectivity index (χ3n) is 5.63. The van der Waals surface area contributed by atoms with E-state index < -0.39 is 0 Å². The van der Waals surface area contributed by atoms with Gasteiger partial charge in [-0.2, -0.15) is 0 Å². The average Bonchev–Trinajstić information content (AvgIpc) is 3.23. The number of likely N-dealkylation sites (tertiary alicyclic amines) is 1. The lowest BCUT2D eigenvalue weighted by atomic mass is 9.86. The number of nitrogens with one attached hydrogen (secondary N) is 1. The second-order valence-electron chi connectivity index (χ2n) is 8.80. The van der Waals surface area contributed by atoms with Crippen molar-refractivity contribution in [2.75, 3.05) is 26.2 Å². The molecule has 3 rings (SSSR count). The Labute approximate surface area is 175 Å². The highest BCUT2D eigenvalue weighted by Gasteiger charge is 2.24. The van der Waals surface area contributed by atoms with Crippen LogP contribution in [-0.4, -0.2) is 37.0 Å². The molecule has 0 radical (unpaired) electrons. The Hall–Kier alpha value is -2.33. The molecule has 1 amide bonds. The number of carbonyl (C=O) groups excluding carboxylic acids is 1. The van der Waals surface area contributed by atoms with Gasteiger partial charge in [0.1, 0.15) is 5.75 Å². The topological polar surface area (TPSA) is 41.6 Å². The Bertz CT molecular complexity index is 785. The SMILES string of the molecule is CCOc1ccc(C(=O)NC[C@H](c2ccc(C(C)(C)C)cc2)N2CCCC2)cc1. The summed E-state index contributed by atoms with van der Waals surface area (Å²) in [6.07, 6.45) is 2.45. The van der Waals surface area contributed by atoms with Crippen LogP contribution in [0.1, 0.15) is 68.1 Å². The third-order valence-corrected chi connectivity index (χ3v) is 5.63. The molecule has 0 bridgehead atoms. The summed E-state index contributed by atoms with van der Waals surface area (Å²) >= 11 is 0. The summed E-state index contributed by atoms with van der Waals surface area (Å²) in [6.45, 7) is 12.1. The standard InChI is InChI=1S/C25H34N2O2/c1-5-29-22-14-10-20(11-15-22)24(28)26-18-23(27-16-6-7-17-27)19-8-12-21(13-9-19)25(2,3)4/h8-15,23H,5-7,16-18H2,1-4H3,(H,26,28)/t23-/m1/s1. The first kappa shape index (κ1) is 21.4. The van der Waals surface area contributed by atoms with E-state index in [1.54, 1.807) is 0 Å². The van der Waals surface area contributed by atoms with Crippen LogP contribution in [0, 0.1) is 0 Å². The van der Waals surface area contributed by atoms with Crippen LogP contribution in [0.3, 0.4) is 0 Å². The number of carbonyl (C=O) groups is 1. The molecule has 1 saturated heterocycles. The summed E-state index contributed by atoms with van der Waals surface area (Å²) in [4.78, 5) is 15.2. The number of benzene rings is 2. The van der Waals surface area contributed by atoms with Crippen molar-refractivity contribution in [3.05, 3.63) is 65.2 Å². The maximum Gasteiger partial charge on any atom is 0.251 e. The number of amides is 1. The number of nitrogens with zero attached hydrogens (tertiary/aromatic N) is 1. The monoisotopic (exact) mass is 394 g/mol. The zero-order chi connectivity index (χ0) is 20.9. The molecule has 0 aromatic heterocycles. The van der Waals surface area contributed by atoms with Crippen LogP contribution in [0.4, 0.5) is 0 Å². The molecule has 0 spiro atoms. The smallest absolute Gasteiger partial charge is 0.251 e. The summed E-state index contributed by atoms with van der Waals surface area (Å²) in [5.74, 6) is 0.751. The zero-order valence-electron chi connectivity index (χ0n) is 18.2. The van der Waals surface area contributed by atoms with Gasteiger partial charge in [-0.05, 0) is 73.7 Å². The molecule has 1 fully saturated rings. The number of hydrogen-bond donors (Lipinski definition) is 1. The van der Waals surface area contributed by atoms with Crippen molar-refractivity contribution in [2.24, 2.45) is 0 Å². The van der Waals surface area contributed by atoms with Gasteiger partial charge >= 0.3 is 0 Å². The van der Waals surface area contributed by atoms with Crippen LogP contribution in [0.15, 0.2) is 48.5 Å². The van der Waals surface area contributed by atoms with Crippen molar-refractivity contribution < 1.29 is 9.53 Å². The van der Waals surface area contributed by atoms with E-state index >= 15 is 0 Å². The Kier molecular flexibility index (Phi) is 6.96. The predicted octanol–water partition coefficient (Wildman–Crippen LogP) is 4.95. The second-order valence-corrected chi connectivity index (χ2v) is 8.80. The van der Waals surface area contributed by atoms with Crippen LogP contribution < -0.4 is 10.1 Å². The molecule has 1 aliphatic rings. The second kappa shape index (κ2) is 9.45. The van der Waals surface area contributed by atoms with Gasteiger partial charge < -0.3 is 10.1 Å². The van der Waals surface area contributed by atoms with Gasteiger partial charge in [0.05, 0.1) is 12.6 Å². The Balaban J connectivity index is 1.70. The molecule has 1 atom stereocenters. The molecular weight excluding hydrogens is 360 g/mol. The van der Waals surface area contributed by atoms with E-state index in [0.717, 1.165) is 18.8 Å². The van der Waals surface area contributed by atoms with Gasteiger partial charge in [-0.15, -0.1) is 0 Å². The fraction of sp³-hybridized carbons (Fsp3) is 0.480. The molecule has 156 valence electrons. The summed E-state index contributed by atoms with van der Waals surface area (Å²) in [7, 11) is 0. The number of ether oxygens (including phenoxy) is 1. The maximum atomic E-state index is 12.7. The van der Waals surface area contributed by atoms with Crippen molar-refractivity contribution >= 4 is 5.91 Å². The van der Waals surface area contributed by atoms with Crippen molar-refractivity contribution in [2.45, 2.75) is 52.0 Å². The summed E-state index contributed by atoms with van der Waals surface area (Å²) in [5, 5.41) is 3.15. The van der Waals surface area contributed by atoms with E-state index in [1.165, 1.54) is 24.0 Å². The molecule has 0 unspecified atom stereocenters. The van der Waals surface area contributed by atoms with Crippen LogP contribution in [0.2, 0.25) is 0 Å². The lowest BCUT2D eigenvalue weighted by Gasteiger charge is -2.29. The molecule has 2 aromatic carbocycles. The highest BCUT2D eigenvalue weighted by Crippen LogP contribution is 2.28. The van der Waals surface area contributed by atoms with Crippen molar-refractivity contribution in [3.63, 3.8) is 0 Å². The molecule has 0 aliphatic carbocycles. The van der Waals surface area contributed by atoms with Gasteiger partial charge in [-0.25, -0.2) is 0 Å². The molecule has 2 aromatic rings. The molecule has 4 nitrogen and oxygen atoms in total. The highest BCUT2D eigenvalue weighted by atomic mass is 16.5. The Morgan fingerprint density at radius 2 is 1.66 bits per heavy atom. The first-order valence-corrected chi connectivity index (χ1v) is 10.7. The minimum absolute atomic E-state index is 0.0384. The number of hydrogen-bond acceptors (Lipinski definition) is 3. The molecule has 0 saturated carbocycles. The molecule has 29 heavy (non-hydrogen) atoms. The van der Waals surface area contributed by atoms with E-state index in [0.29, 0.717) is 18.7 Å². The fourth-order valence-corrected chi connectivity index (χ4v) is 3.88. The minimum Gasteiger partial charge on any atom is -0.494 e.